The molecule has 0 radical (unpaired) electrons. The van der Waals surface area contributed by atoms with Crippen LogP contribution in [0.1, 0.15) is 21.5 Å². The maximum atomic E-state index is 13.2. The van der Waals surface area contributed by atoms with Crippen LogP contribution in [0, 0.1) is 0 Å². The summed E-state index contributed by atoms with van der Waals surface area (Å²) in [5.41, 5.74) is 10.6. The molecular formula is C26H20N4O2. The van der Waals surface area contributed by atoms with E-state index in [0.29, 0.717) is 23.5 Å². The topological polar surface area (TPSA) is 94.0 Å². The molecule has 0 aliphatic heterocycles. The van der Waals surface area contributed by atoms with Crippen molar-refractivity contribution in [2.45, 2.75) is 6.42 Å². The van der Waals surface area contributed by atoms with Gasteiger partial charge in [0.2, 0.25) is 5.88 Å². The van der Waals surface area contributed by atoms with E-state index in [0.717, 1.165) is 22.0 Å². The zero-order valence-electron chi connectivity index (χ0n) is 17.2. The van der Waals surface area contributed by atoms with Crippen LogP contribution < -0.4 is 11.1 Å². The van der Waals surface area contributed by atoms with E-state index in [2.05, 4.69) is 27.6 Å². The second-order valence-corrected chi connectivity index (χ2v) is 7.43. The lowest BCUT2D eigenvalue weighted by molar-refractivity contribution is 0.102. The molecule has 0 aliphatic rings. The lowest BCUT2D eigenvalue weighted by Gasteiger charge is -2.11. The molecule has 0 fully saturated rings. The highest BCUT2D eigenvalue weighted by Gasteiger charge is 2.24. The number of para-hydroxylation sites is 2. The van der Waals surface area contributed by atoms with Crippen LogP contribution in [-0.4, -0.2) is 16.0 Å². The van der Waals surface area contributed by atoms with Gasteiger partial charge in [0, 0.05) is 11.1 Å². The largest absolute Gasteiger partial charge is 0.367 e. The van der Waals surface area contributed by atoms with Crippen molar-refractivity contribution in [2.75, 3.05) is 11.1 Å². The predicted octanol–water partition coefficient (Wildman–Crippen LogP) is 5.32. The second-order valence-electron chi connectivity index (χ2n) is 7.43. The summed E-state index contributed by atoms with van der Waals surface area (Å²) in [4.78, 5) is 17.9. The number of amides is 1. The number of nitrogens with two attached hydrogens (primary N) is 1. The summed E-state index contributed by atoms with van der Waals surface area (Å²) >= 11 is 0. The monoisotopic (exact) mass is 420 g/mol. The molecule has 6 heteroatoms. The fourth-order valence-corrected chi connectivity index (χ4v) is 3.69. The summed E-state index contributed by atoms with van der Waals surface area (Å²) < 4.78 is 5.17. The Kier molecular flexibility index (Phi) is 5.09. The van der Waals surface area contributed by atoms with Gasteiger partial charge in [-0.05, 0) is 35.7 Å². The Balaban J connectivity index is 1.47. The van der Waals surface area contributed by atoms with Crippen LogP contribution in [0.15, 0.2) is 95.5 Å². The number of fused-ring (bicyclic) bond motifs is 1. The van der Waals surface area contributed by atoms with Gasteiger partial charge < -0.3 is 15.6 Å². The minimum atomic E-state index is -0.394. The van der Waals surface area contributed by atoms with Gasteiger partial charge in [-0.15, -0.1) is 0 Å². The molecule has 0 atom stereocenters. The van der Waals surface area contributed by atoms with Crippen molar-refractivity contribution in [3.63, 3.8) is 0 Å². The summed E-state index contributed by atoms with van der Waals surface area (Å²) in [6.07, 6.45) is 0.690. The lowest BCUT2D eigenvalue weighted by atomic mass is 10.0. The number of hydrogen-bond acceptors (Lipinski definition) is 5. The average Bonchev–Trinajstić information content (AvgIpc) is 3.22. The third kappa shape index (κ3) is 3.81. The number of carbonyl (C=O) groups is 1. The van der Waals surface area contributed by atoms with E-state index in [1.54, 1.807) is 6.07 Å². The van der Waals surface area contributed by atoms with E-state index in [1.807, 2.05) is 72.8 Å². The van der Waals surface area contributed by atoms with E-state index in [1.165, 1.54) is 0 Å². The van der Waals surface area contributed by atoms with Gasteiger partial charge in [-0.1, -0.05) is 78.0 Å². The zero-order chi connectivity index (χ0) is 21.9. The number of pyridine rings is 1. The summed E-state index contributed by atoms with van der Waals surface area (Å²) in [6.45, 7) is 0. The fraction of sp³-hybridized carbons (Fsp3) is 0.0385. The maximum Gasteiger partial charge on any atom is 0.263 e. The second kappa shape index (κ2) is 8.35. The molecule has 0 saturated heterocycles. The Morgan fingerprint density at radius 1 is 0.875 bits per heavy atom. The Labute approximate surface area is 184 Å². The summed E-state index contributed by atoms with van der Waals surface area (Å²) in [5, 5.41) is 7.99. The zero-order valence-corrected chi connectivity index (χ0v) is 17.2. The highest BCUT2D eigenvalue weighted by molar-refractivity contribution is 6.11. The van der Waals surface area contributed by atoms with Gasteiger partial charge in [0.05, 0.1) is 11.2 Å². The molecule has 2 heterocycles. The van der Waals surface area contributed by atoms with Gasteiger partial charge in [0.15, 0.2) is 0 Å². The van der Waals surface area contributed by atoms with Crippen LogP contribution in [0.3, 0.4) is 0 Å². The fourth-order valence-electron chi connectivity index (χ4n) is 3.69. The normalized spacial score (nSPS) is 10.9. The molecule has 3 N–H and O–H groups in total. The molecular weight excluding hydrogens is 400 g/mol. The molecule has 3 aromatic carbocycles. The van der Waals surface area contributed by atoms with Crippen molar-refractivity contribution < 1.29 is 9.32 Å². The van der Waals surface area contributed by atoms with Crippen molar-refractivity contribution >= 4 is 28.4 Å². The van der Waals surface area contributed by atoms with Crippen LogP contribution in [0.2, 0.25) is 0 Å². The van der Waals surface area contributed by atoms with Gasteiger partial charge >= 0.3 is 0 Å². The van der Waals surface area contributed by atoms with Gasteiger partial charge in [-0.2, -0.15) is 0 Å². The molecule has 156 valence electrons. The summed E-state index contributed by atoms with van der Waals surface area (Å²) in [5.74, 6) is -0.442. The first kappa shape index (κ1) is 19.5. The number of nitrogen functional groups attached to an aromatic ring is 1. The van der Waals surface area contributed by atoms with Gasteiger partial charge in [0.25, 0.3) is 5.91 Å². The maximum absolute atomic E-state index is 13.2. The van der Waals surface area contributed by atoms with Crippen LogP contribution >= 0.6 is 0 Å². The molecule has 0 spiro atoms. The molecule has 32 heavy (non-hydrogen) atoms. The summed E-state index contributed by atoms with van der Waals surface area (Å²) in [7, 11) is 0. The minimum absolute atomic E-state index is 0.0481. The Hall–Kier alpha value is -4.45. The van der Waals surface area contributed by atoms with Crippen molar-refractivity contribution in [1.82, 2.24) is 10.1 Å². The number of carbonyl (C=O) groups excluding carboxylic acids is 1. The van der Waals surface area contributed by atoms with E-state index in [4.69, 9.17) is 10.3 Å². The first-order valence-electron chi connectivity index (χ1n) is 10.2. The number of nitrogens with zero attached hydrogens (tertiary/aromatic N) is 2. The standard InChI is InChI=1S/C26H20N4O2/c27-25-23(24(30-32-25)22-15-14-18-10-4-6-12-20(18)28-22)26(31)29-21-13-7-5-11-19(21)16-17-8-2-1-3-9-17/h1-15H,16,27H2,(H,29,31). The lowest BCUT2D eigenvalue weighted by Crippen LogP contribution is -2.15. The van der Waals surface area contributed by atoms with Crippen molar-refractivity contribution in [3.8, 4) is 11.4 Å². The van der Waals surface area contributed by atoms with Crippen LogP contribution in [-0.2, 0) is 6.42 Å². The highest BCUT2D eigenvalue weighted by atomic mass is 16.5. The number of rotatable bonds is 5. The van der Waals surface area contributed by atoms with Crippen molar-refractivity contribution in [1.29, 1.82) is 0 Å². The van der Waals surface area contributed by atoms with Crippen LogP contribution in [0.4, 0.5) is 11.6 Å². The molecule has 0 aliphatic carbocycles. The van der Waals surface area contributed by atoms with Gasteiger partial charge in [0.1, 0.15) is 11.3 Å². The molecule has 5 rings (SSSR count). The predicted molar refractivity (Wildman–Crippen MR) is 125 cm³/mol. The third-order valence-electron chi connectivity index (χ3n) is 5.29. The van der Waals surface area contributed by atoms with E-state index in [-0.39, 0.29) is 11.4 Å². The molecule has 1 amide bonds. The molecule has 0 unspecified atom stereocenters. The molecule has 0 saturated carbocycles. The highest BCUT2D eigenvalue weighted by Crippen LogP contribution is 2.29. The quantitative estimate of drug-likeness (QED) is 0.402. The molecule has 2 aromatic heterocycles. The Morgan fingerprint density at radius 2 is 1.62 bits per heavy atom. The average molecular weight is 420 g/mol. The number of hydrogen-bond donors (Lipinski definition) is 2. The Morgan fingerprint density at radius 3 is 2.50 bits per heavy atom. The Bertz CT molecular complexity index is 1410. The van der Waals surface area contributed by atoms with E-state index >= 15 is 0 Å². The number of anilines is 2. The number of benzene rings is 3. The minimum Gasteiger partial charge on any atom is -0.367 e. The van der Waals surface area contributed by atoms with Crippen LogP contribution in [0.25, 0.3) is 22.3 Å². The van der Waals surface area contributed by atoms with Crippen molar-refractivity contribution in [3.05, 3.63) is 108 Å². The summed E-state index contributed by atoms with van der Waals surface area (Å²) in [6, 6.07) is 29.2. The van der Waals surface area contributed by atoms with Crippen LogP contribution in [0.5, 0.6) is 0 Å². The van der Waals surface area contributed by atoms with Gasteiger partial charge in [-0.25, -0.2) is 4.98 Å². The smallest absolute Gasteiger partial charge is 0.263 e. The number of nitrogens with one attached hydrogen (secondary N) is 1. The third-order valence-corrected chi connectivity index (χ3v) is 5.29. The van der Waals surface area contributed by atoms with E-state index < -0.39 is 5.91 Å². The van der Waals surface area contributed by atoms with Crippen molar-refractivity contribution in [2.24, 2.45) is 0 Å². The van der Waals surface area contributed by atoms with Gasteiger partial charge in [-0.3, -0.25) is 4.79 Å². The first-order valence-corrected chi connectivity index (χ1v) is 10.2. The number of aromatic nitrogens is 2. The molecule has 6 nitrogen and oxygen atoms in total. The SMILES string of the molecule is Nc1onc(-c2ccc3ccccc3n2)c1C(=O)Nc1ccccc1Cc1ccccc1. The molecule has 0 bridgehead atoms. The molecule has 5 aromatic rings. The first-order chi connectivity index (χ1) is 15.7. The van der Waals surface area contributed by atoms with E-state index in [9.17, 15) is 4.79 Å².